The predicted molar refractivity (Wildman–Crippen MR) is 85.2 cm³/mol. The first-order valence-electron chi connectivity index (χ1n) is 6.27. The van der Waals surface area contributed by atoms with Crippen LogP contribution in [-0.2, 0) is 21.3 Å². The van der Waals surface area contributed by atoms with Gasteiger partial charge in [0, 0.05) is 16.3 Å². The Labute approximate surface area is 129 Å². The van der Waals surface area contributed by atoms with E-state index in [1.54, 1.807) is 42.5 Å². The minimum Gasteiger partial charge on any atom is -0.496 e. The van der Waals surface area contributed by atoms with E-state index in [2.05, 4.69) is 0 Å². The molecule has 0 radical (unpaired) electrons. The average molecular weight is 326 g/mol. The zero-order valence-corrected chi connectivity index (χ0v) is 13.1. The Morgan fingerprint density at radius 3 is 2.38 bits per heavy atom. The van der Waals surface area contributed by atoms with Crippen molar-refractivity contribution in [1.82, 2.24) is 0 Å². The Balaban J connectivity index is 2.21. The fourth-order valence-electron chi connectivity index (χ4n) is 2.03. The lowest BCUT2D eigenvalue weighted by Crippen LogP contribution is -2.09. The Bertz CT molecular complexity index is 727. The molecular weight excluding hydrogens is 310 g/mol. The molecule has 2 rings (SSSR count). The lowest BCUT2D eigenvalue weighted by Gasteiger charge is -2.10. The van der Waals surface area contributed by atoms with Gasteiger partial charge in [-0.3, -0.25) is 0 Å². The summed E-state index contributed by atoms with van der Waals surface area (Å²) in [6.45, 7) is 0. The highest BCUT2D eigenvalue weighted by atomic mass is 35.5. The summed E-state index contributed by atoms with van der Waals surface area (Å²) in [7, 11) is -1.83. The van der Waals surface area contributed by atoms with Crippen molar-refractivity contribution in [2.75, 3.05) is 12.8 Å². The molecule has 2 N–H and O–H groups in total. The molecule has 0 saturated carbocycles. The first kappa shape index (κ1) is 15.7. The van der Waals surface area contributed by atoms with Crippen molar-refractivity contribution >= 4 is 27.1 Å². The zero-order valence-electron chi connectivity index (χ0n) is 11.5. The number of nitrogen functional groups attached to an aromatic ring is 1. The summed E-state index contributed by atoms with van der Waals surface area (Å²) in [6.07, 6.45) is 0. The molecule has 112 valence electrons. The second kappa shape index (κ2) is 6.37. The lowest BCUT2D eigenvalue weighted by molar-refractivity contribution is 0.411. The molecule has 0 heterocycles. The summed E-state index contributed by atoms with van der Waals surface area (Å²) >= 11 is 5.79. The molecule has 0 saturated heterocycles. The van der Waals surface area contributed by atoms with Gasteiger partial charge in [0.2, 0.25) is 0 Å². The summed E-state index contributed by atoms with van der Waals surface area (Å²) in [5, 5.41) is 0.577. The molecule has 0 amide bonds. The van der Waals surface area contributed by atoms with Gasteiger partial charge in [-0.15, -0.1) is 0 Å². The second-order valence-electron chi connectivity index (χ2n) is 4.73. The Kier molecular flexibility index (Phi) is 4.75. The van der Waals surface area contributed by atoms with Gasteiger partial charge in [0.1, 0.15) is 5.75 Å². The van der Waals surface area contributed by atoms with Crippen LogP contribution in [0.2, 0.25) is 5.02 Å². The molecule has 21 heavy (non-hydrogen) atoms. The standard InChI is InChI=1S/C15H16ClNO3S/c1-20-15-7-6-14(17)8-12(15)10-21(18,19)9-11-2-4-13(16)5-3-11/h2-8H,9-10,17H2,1H3. The Morgan fingerprint density at radius 2 is 1.76 bits per heavy atom. The smallest absolute Gasteiger partial charge is 0.158 e. The highest BCUT2D eigenvalue weighted by Crippen LogP contribution is 2.24. The van der Waals surface area contributed by atoms with Crippen LogP contribution in [0.3, 0.4) is 0 Å². The van der Waals surface area contributed by atoms with Crippen molar-refractivity contribution in [2.24, 2.45) is 0 Å². The summed E-state index contributed by atoms with van der Waals surface area (Å²) in [4.78, 5) is 0. The third-order valence-electron chi connectivity index (χ3n) is 2.98. The van der Waals surface area contributed by atoms with Crippen molar-refractivity contribution < 1.29 is 13.2 Å². The quantitative estimate of drug-likeness (QED) is 0.858. The SMILES string of the molecule is COc1ccc(N)cc1CS(=O)(=O)Cc1ccc(Cl)cc1. The molecular formula is C15H16ClNO3S. The molecule has 4 nitrogen and oxygen atoms in total. The van der Waals surface area contributed by atoms with Crippen LogP contribution >= 0.6 is 11.6 Å². The van der Waals surface area contributed by atoms with E-state index < -0.39 is 9.84 Å². The molecule has 2 aromatic rings. The molecule has 0 spiro atoms. The number of nitrogens with two attached hydrogens (primary N) is 1. The zero-order chi connectivity index (χ0) is 15.5. The third-order valence-corrected chi connectivity index (χ3v) is 4.76. The number of rotatable bonds is 5. The molecule has 0 atom stereocenters. The molecule has 0 aliphatic rings. The van der Waals surface area contributed by atoms with E-state index in [0.29, 0.717) is 27.6 Å². The van der Waals surface area contributed by atoms with Crippen molar-refractivity contribution in [3.05, 3.63) is 58.6 Å². The van der Waals surface area contributed by atoms with Crippen molar-refractivity contribution in [2.45, 2.75) is 11.5 Å². The van der Waals surface area contributed by atoms with Crippen molar-refractivity contribution in [1.29, 1.82) is 0 Å². The maximum atomic E-state index is 12.3. The number of hydrogen-bond acceptors (Lipinski definition) is 4. The lowest BCUT2D eigenvalue weighted by atomic mass is 10.2. The second-order valence-corrected chi connectivity index (χ2v) is 7.23. The fraction of sp³-hybridized carbons (Fsp3) is 0.200. The summed E-state index contributed by atoms with van der Waals surface area (Å²) in [5.41, 5.74) is 7.47. The minimum absolute atomic E-state index is 0.0535. The van der Waals surface area contributed by atoms with Crippen LogP contribution in [0.1, 0.15) is 11.1 Å². The van der Waals surface area contributed by atoms with Gasteiger partial charge in [-0.1, -0.05) is 23.7 Å². The number of benzene rings is 2. The molecule has 0 fully saturated rings. The first-order chi connectivity index (χ1) is 9.89. The first-order valence-corrected chi connectivity index (χ1v) is 8.47. The van der Waals surface area contributed by atoms with E-state index in [0.717, 1.165) is 0 Å². The van der Waals surface area contributed by atoms with Gasteiger partial charge in [-0.25, -0.2) is 8.42 Å². The van der Waals surface area contributed by atoms with Crippen LogP contribution in [0.5, 0.6) is 5.75 Å². The highest BCUT2D eigenvalue weighted by molar-refractivity contribution is 7.89. The van der Waals surface area contributed by atoms with Crippen LogP contribution in [0, 0.1) is 0 Å². The average Bonchev–Trinajstić information content (AvgIpc) is 2.41. The van der Waals surface area contributed by atoms with Gasteiger partial charge in [0.05, 0.1) is 18.6 Å². The van der Waals surface area contributed by atoms with E-state index in [-0.39, 0.29) is 11.5 Å². The van der Waals surface area contributed by atoms with Gasteiger partial charge in [0.15, 0.2) is 9.84 Å². The van der Waals surface area contributed by atoms with Crippen LogP contribution in [0.4, 0.5) is 5.69 Å². The van der Waals surface area contributed by atoms with Crippen LogP contribution in [0.15, 0.2) is 42.5 Å². The largest absolute Gasteiger partial charge is 0.496 e. The van der Waals surface area contributed by atoms with Gasteiger partial charge in [-0.2, -0.15) is 0 Å². The predicted octanol–water partition coefficient (Wildman–Crippen LogP) is 3.05. The number of sulfone groups is 1. The number of hydrogen-bond donors (Lipinski definition) is 1. The van der Waals surface area contributed by atoms with Crippen LogP contribution in [-0.4, -0.2) is 15.5 Å². The Morgan fingerprint density at radius 1 is 1.10 bits per heavy atom. The maximum absolute atomic E-state index is 12.3. The monoisotopic (exact) mass is 325 g/mol. The number of methoxy groups -OCH3 is 1. The Hall–Kier alpha value is -1.72. The molecule has 0 unspecified atom stereocenters. The van der Waals surface area contributed by atoms with E-state index in [4.69, 9.17) is 22.1 Å². The van der Waals surface area contributed by atoms with Gasteiger partial charge in [0.25, 0.3) is 0 Å². The van der Waals surface area contributed by atoms with Gasteiger partial charge < -0.3 is 10.5 Å². The summed E-state index contributed by atoms with van der Waals surface area (Å²) in [5.74, 6) is 0.343. The molecule has 6 heteroatoms. The normalized spacial score (nSPS) is 11.3. The van der Waals surface area contributed by atoms with Gasteiger partial charge in [-0.05, 0) is 35.9 Å². The minimum atomic E-state index is -3.33. The van der Waals surface area contributed by atoms with Crippen molar-refractivity contribution in [3.63, 3.8) is 0 Å². The van der Waals surface area contributed by atoms with Crippen molar-refractivity contribution in [3.8, 4) is 5.75 Å². The molecule has 0 bridgehead atoms. The number of halogens is 1. The van der Waals surface area contributed by atoms with E-state index in [1.165, 1.54) is 7.11 Å². The van der Waals surface area contributed by atoms with E-state index in [1.807, 2.05) is 0 Å². The van der Waals surface area contributed by atoms with E-state index in [9.17, 15) is 8.42 Å². The number of ether oxygens (including phenoxy) is 1. The summed E-state index contributed by atoms with van der Waals surface area (Å²) in [6, 6.07) is 11.7. The maximum Gasteiger partial charge on any atom is 0.158 e. The van der Waals surface area contributed by atoms with Gasteiger partial charge >= 0.3 is 0 Å². The molecule has 2 aromatic carbocycles. The van der Waals surface area contributed by atoms with Crippen LogP contribution < -0.4 is 10.5 Å². The molecule has 0 aliphatic heterocycles. The number of anilines is 1. The topological polar surface area (TPSA) is 69.4 Å². The molecule has 0 aliphatic carbocycles. The molecule has 0 aromatic heterocycles. The van der Waals surface area contributed by atoms with Crippen LogP contribution in [0.25, 0.3) is 0 Å². The fourth-order valence-corrected chi connectivity index (χ4v) is 3.66. The third kappa shape index (κ3) is 4.37. The van der Waals surface area contributed by atoms with E-state index >= 15 is 0 Å². The highest BCUT2D eigenvalue weighted by Gasteiger charge is 2.16. The summed E-state index contributed by atoms with van der Waals surface area (Å²) < 4.78 is 29.8.